The van der Waals surface area contributed by atoms with Crippen molar-refractivity contribution < 1.29 is 19.4 Å². The molecule has 0 saturated heterocycles. The smallest absolute Gasteiger partial charge is 0.303 e. The Morgan fingerprint density at radius 1 is 1.09 bits per heavy atom. The van der Waals surface area contributed by atoms with Crippen molar-refractivity contribution in [1.29, 1.82) is 0 Å². The van der Waals surface area contributed by atoms with Crippen molar-refractivity contribution in [2.75, 3.05) is 0 Å². The maximum absolute atomic E-state index is 13.8. The molecule has 0 aliphatic heterocycles. The molecule has 2 aromatic heterocycles. The highest BCUT2D eigenvalue weighted by molar-refractivity contribution is 5.86. The Morgan fingerprint density at radius 3 is 2.62 bits per heavy atom. The minimum Gasteiger partial charge on any atom is -0.508 e. The van der Waals surface area contributed by atoms with Crippen LogP contribution in [0.15, 0.2) is 45.6 Å². The van der Waals surface area contributed by atoms with Crippen molar-refractivity contribution in [3.8, 4) is 17.1 Å². The fraction of sp³-hybridized carbons (Fsp3) is 0.370. The second kappa shape index (κ2) is 10.1. The minimum absolute atomic E-state index is 0.0360. The third kappa shape index (κ3) is 4.69. The lowest BCUT2D eigenvalue weighted by molar-refractivity contribution is -0.137. The lowest BCUT2D eigenvalue weighted by Crippen LogP contribution is -2.13. The van der Waals surface area contributed by atoms with Crippen LogP contribution >= 0.6 is 0 Å². The molecule has 178 valence electrons. The number of benzene rings is 2. The topological polar surface area (TPSA) is 106 Å². The number of hydrogen-bond acceptors (Lipinski definition) is 5. The van der Waals surface area contributed by atoms with Gasteiger partial charge >= 0.3 is 5.97 Å². The number of carboxylic acid groups (broad SMARTS) is 1. The molecule has 0 fully saturated rings. The predicted molar refractivity (Wildman–Crippen MR) is 132 cm³/mol. The monoisotopic (exact) mass is 462 g/mol. The molecular weight excluding hydrogens is 432 g/mol. The van der Waals surface area contributed by atoms with Gasteiger partial charge in [-0.3, -0.25) is 9.59 Å². The van der Waals surface area contributed by atoms with Crippen LogP contribution in [-0.4, -0.2) is 25.7 Å². The van der Waals surface area contributed by atoms with E-state index in [2.05, 4.69) is 6.92 Å². The number of aromatic nitrogens is 2. The van der Waals surface area contributed by atoms with Gasteiger partial charge in [0.1, 0.15) is 28.5 Å². The van der Waals surface area contributed by atoms with Gasteiger partial charge < -0.3 is 19.2 Å². The fourth-order valence-electron chi connectivity index (χ4n) is 4.43. The Bertz CT molecular complexity index is 1400. The first-order valence-electron chi connectivity index (χ1n) is 11.9. The third-order valence-electron chi connectivity index (χ3n) is 6.27. The average Bonchev–Trinajstić information content (AvgIpc) is 3.13. The van der Waals surface area contributed by atoms with Gasteiger partial charge in [0, 0.05) is 26.0 Å². The number of aromatic hydroxyl groups is 1. The summed E-state index contributed by atoms with van der Waals surface area (Å²) in [6, 6.07) is 10.9. The number of para-hydroxylation sites is 2. The van der Waals surface area contributed by atoms with Crippen LogP contribution in [0.5, 0.6) is 5.75 Å². The van der Waals surface area contributed by atoms with Crippen LogP contribution in [0.25, 0.3) is 33.4 Å². The van der Waals surface area contributed by atoms with Crippen LogP contribution in [0.3, 0.4) is 0 Å². The predicted octanol–water partition coefficient (Wildman–Crippen LogP) is 5.58. The van der Waals surface area contributed by atoms with Gasteiger partial charge in [-0.1, -0.05) is 38.3 Å². The molecule has 0 atom stereocenters. The number of aryl methyl sites for hydroxylation is 3. The van der Waals surface area contributed by atoms with Gasteiger partial charge in [-0.2, -0.15) is 0 Å². The molecule has 0 amide bonds. The van der Waals surface area contributed by atoms with Crippen LogP contribution in [0.4, 0.5) is 0 Å². The molecule has 4 aromatic rings. The maximum Gasteiger partial charge on any atom is 0.303 e. The van der Waals surface area contributed by atoms with E-state index in [9.17, 15) is 14.7 Å². The van der Waals surface area contributed by atoms with E-state index in [1.54, 1.807) is 6.07 Å². The van der Waals surface area contributed by atoms with Gasteiger partial charge in [0.2, 0.25) is 5.43 Å². The molecule has 0 aliphatic carbocycles. The SMILES string of the molecule is CCCCCCc1cc2c(=O)c(-c3nc4ccccc4n3C)c(CCCC(=O)O)oc2cc1O. The highest BCUT2D eigenvalue weighted by Gasteiger charge is 2.22. The first kappa shape index (κ1) is 23.5. The van der Waals surface area contributed by atoms with E-state index in [-0.39, 0.29) is 24.0 Å². The molecular formula is C27H30N2O5. The van der Waals surface area contributed by atoms with Crippen LogP contribution < -0.4 is 5.43 Å². The van der Waals surface area contributed by atoms with E-state index in [1.807, 2.05) is 35.9 Å². The molecule has 0 bridgehead atoms. The molecule has 0 spiro atoms. The summed E-state index contributed by atoms with van der Waals surface area (Å²) >= 11 is 0. The quantitative estimate of drug-likeness (QED) is 0.298. The van der Waals surface area contributed by atoms with Crippen LogP contribution in [-0.2, 0) is 24.7 Å². The minimum atomic E-state index is -0.905. The lowest BCUT2D eigenvalue weighted by Gasteiger charge is -2.12. The summed E-state index contributed by atoms with van der Waals surface area (Å²) < 4.78 is 7.99. The molecule has 0 aliphatic rings. The number of hydrogen-bond donors (Lipinski definition) is 2. The van der Waals surface area contributed by atoms with Crippen LogP contribution in [0.2, 0.25) is 0 Å². The van der Waals surface area contributed by atoms with Gasteiger partial charge in [-0.05, 0) is 43.0 Å². The molecule has 0 saturated carbocycles. The summed E-state index contributed by atoms with van der Waals surface area (Å²) in [5.41, 5.74) is 2.80. The van der Waals surface area contributed by atoms with Crippen LogP contribution in [0, 0.1) is 0 Å². The van der Waals surface area contributed by atoms with Crippen molar-refractivity contribution in [2.45, 2.75) is 58.3 Å². The van der Waals surface area contributed by atoms with E-state index in [1.165, 1.54) is 6.07 Å². The number of phenolic OH excluding ortho intramolecular Hbond substituents is 1. The van der Waals surface area contributed by atoms with E-state index in [0.29, 0.717) is 41.0 Å². The van der Waals surface area contributed by atoms with Crippen molar-refractivity contribution in [3.63, 3.8) is 0 Å². The normalized spacial score (nSPS) is 11.5. The summed E-state index contributed by atoms with van der Waals surface area (Å²) in [6.45, 7) is 2.15. The van der Waals surface area contributed by atoms with E-state index >= 15 is 0 Å². The van der Waals surface area contributed by atoms with Crippen molar-refractivity contribution in [1.82, 2.24) is 9.55 Å². The summed E-state index contributed by atoms with van der Waals surface area (Å²) in [6.07, 6.45) is 5.50. The average molecular weight is 463 g/mol. The summed E-state index contributed by atoms with van der Waals surface area (Å²) in [5, 5.41) is 20.0. The Morgan fingerprint density at radius 2 is 1.88 bits per heavy atom. The number of carboxylic acids is 1. The molecule has 7 nitrogen and oxygen atoms in total. The molecule has 2 heterocycles. The molecule has 2 aromatic carbocycles. The Hall–Kier alpha value is -3.61. The molecule has 2 N–H and O–H groups in total. The number of unbranched alkanes of at least 4 members (excludes halogenated alkanes) is 3. The zero-order valence-corrected chi connectivity index (χ0v) is 19.6. The zero-order chi connectivity index (χ0) is 24.2. The first-order chi connectivity index (χ1) is 16.4. The van der Waals surface area contributed by atoms with Crippen LogP contribution in [0.1, 0.15) is 56.8 Å². The van der Waals surface area contributed by atoms with Gasteiger partial charge in [0.05, 0.1) is 16.4 Å². The molecule has 0 unspecified atom stereocenters. The lowest BCUT2D eigenvalue weighted by atomic mass is 10.0. The fourth-order valence-corrected chi connectivity index (χ4v) is 4.43. The second-order valence-corrected chi connectivity index (χ2v) is 8.75. The second-order valence-electron chi connectivity index (χ2n) is 8.75. The van der Waals surface area contributed by atoms with Crippen molar-refractivity contribution in [2.24, 2.45) is 7.05 Å². The molecule has 7 heteroatoms. The van der Waals surface area contributed by atoms with Gasteiger partial charge in [-0.25, -0.2) is 4.98 Å². The van der Waals surface area contributed by atoms with Gasteiger partial charge in [0.15, 0.2) is 0 Å². The number of rotatable bonds is 10. The first-order valence-corrected chi connectivity index (χ1v) is 11.9. The molecule has 0 radical (unpaired) electrons. The third-order valence-corrected chi connectivity index (χ3v) is 6.27. The largest absolute Gasteiger partial charge is 0.508 e. The van der Waals surface area contributed by atoms with Gasteiger partial charge in [0.25, 0.3) is 0 Å². The van der Waals surface area contributed by atoms with Gasteiger partial charge in [-0.15, -0.1) is 0 Å². The number of phenols is 1. The highest BCUT2D eigenvalue weighted by Crippen LogP contribution is 2.31. The number of fused-ring (bicyclic) bond motifs is 2. The number of imidazole rings is 1. The van der Waals surface area contributed by atoms with E-state index in [4.69, 9.17) is 14.5 Å². The molecule has 4 rings (SSSR count). The van der Waals surface area contributed by atoms with E-state index < -0.39 is 5.97 Å². The highest BCUT2D eigenvalue weighted by atomic mass is 16.4. The van der Waals surface area contributed by atoms with Crippen molar-refractivity contribution in [3.05, 3.63) is 57.9 Å². The number of carbonyl (C=O) groups is 1. The summed E-state index contributed by atoms with van der Waals surface area (Å²) in [7, 11) is 1.85. The Labute approximate surface area is 197 Å². The van der Waals surface area contributed by atoms with E-state index in [0.717, 1.165) is 42.3 Å². The maximum atomic E-state index is 13.8. The number of nitrogens with zero attached hydrogens (tertiary/aromatic N) is 2. The zero-order valence-electron chi connectivity index (χ0n) is 19.6. The number of aliphatic carboxylic acids is 1. The standard InChI is InChI=1S/C27H30N2O5/c1-3-4-5-6-10-17-15-18-23(16-21(17)30)34-22(13-9-14-24(31)32)25(26(18)33)27-28-19-11-7-8-12-20(19)29(27)2/h7-8,11-12,15-16,30H,3-6,9-10,13-14H2,1-2H3,(H,31,32). The Kier molecular flexibility index (Phi) is 7.01. The summed E-state index contributed by atoms with van der Waals surface area (Å²) in [4.78, 5) is 29.6. The molecule has 34 heavy (non-hydrogen) atoms. The van der Waals surface area contributed by atoms with Crippen molar-refractivity contribution >= 4 is 28.0 Å². The summed E-state index contributed by atoms with van der Waals surface area (Å²) in [5.74, 6) is 0.0730. The Balaban J connectivity index is 1.86.